The van der Waals surface area contributed by atoms with Gasteiger partial charge in [-0.25, -0.2) is 9.31 Å². The van der Waals surface area contributed by atoms with Gasteiger partial charge in [-0.05, 0) is 25.5 Å². The molecule has 2 aromatic rings. The molecule has 18 heavy (non-hydrogen) atoms. The van der Waals surface area contributed by atoms with Crippen LogP contribution in [0.25, 0.3) is 5.52 Å². The molecule has 0 bridgehead atoms. The van der Waals surface area contributed by atoms with E-state index in [-0.39, 0.29) is 0 Å². The average molecular weight is 269 g/mol. The van der Waals surface area contributed by atoms with E-state index in [1.165, 1.54) is 0 Å². The highest BCUT2D eigenvalue weighted by Gasteiger charge is 2.20. The Balaban J connectivity index is 2.58. The zero-order valence-corrected chi connectivity index (χ0v) is 10.8. The molecule has 1 N–H and O–H groups in total. The topological polar surface area (TPSA) is 63.8 Å². The van der Waals surface area contributed by atoms with Crippen LogP contribution in [0.5, 0.6) is 0 Å². The van der Waals surface area contributed by atoms with Crippen LogP contribution in [0.4, 0.5) is 4.79 Å². The molecular weight excluding hydrogens is 256 g/mol. The number of carboxylic acid groups (broad SMARTS) is 1. The predicted molar refractivity (Wildman–Crippen MR) is 67.1 cm³/mol. The van der Waals surface area contributed by atoms with Gasteiger partial charge in [0.2, 0.25) is 0 Å². The molecule has 0 amide bonds. The zero-order valence-electron chi connectivity index (χ0n) is 10.1. The summed E-state index contributed by atoms with van der Waals surface area (Å²) in [7, 11) is 0. The smallest absolute Gasteiger partial charge is 0.450 e. The first-order valence-corrected chi connectivity index (χ1v) is 5.97. The second-order valence-electron chi connectivity index (χ2n) is 3.91. The summed E-state index contributed by atoms with van der Waals surface area (Å²) in [4.78, 5) is 10.6. The molecule has 2 aromatic heterocycles. The molecule has 2 rings (SSSR count). The summed E-state index contributed by atoms with van der Waals surface area (Å²) in [6.07, 6.45) is 0.565. The average Bonchev–Trinajstić information content (AvgIpc) is 2.65. The SMILES string of the molecule is CCc1nn2ccc(Cl)cc2c1C(C)OC(=O)O. The minimum atomic E-state index is -1.30. The predicted octanol–water partition coefficient (Wildman–Crippen LogP) is 3.31. The molecular formula is C12H13ClN2O3. The van der Waals surface area contributed by atoms with Gasteiger partial charge in [-0.15, -0.1) is 0 Å². The maximum Gasteiger partial charge on any atom is 0.506 e. The summed E-state index contributed by atoms with van der Waals surface area (Å²) in [5, 5.41) is 13.7. The molecule has 0 spiro atoms. The quantitative estimate of drug-likeness (QED) is 0.868. The fourth-order valence-electron chi connectivity index (χ4n) is 2.00. The Morgan fingerprint density at radius 3 is 3.00 bits per heavy atom. The van der Waals surface area contributed by atoms with Gasteiger partial charge in [0.05, 0.1) is 11.2 Å². The van der Waals surface area contributed by atoms with Crippen molar-refractivity contribution in [1.82, 2.24) is 9.61 Å². The van der Waals surface area contributed by atoms with E-state index < -0.39 is 12.3 Å². The van der Waals surface area contributed by atoms with E-state index in [1.54, 1.807) is 29.8 Å². The molecule has 0 aliphatic heterocycles. The third kappa shape index (κ3) is 2.26. The summed E-state index contributed by atoms with van der Waals surface area (Å²) in [6, 6.07) is 3.48. The van der Waals surface area contributed by atoms with Crippen molar-refractivity contribution in [2.75, 3.05) is 0 Å². The number of hydrogen-bond donors (Lipinski definition) is 1. The molecule has 96 valence electrons. The Bertz CT molecular complexity index is 594. The normalized spacial score (nSPS) is 12.6. The van der Waals surface area contributed by atoms with Crippen molar-refractivity contribution >= 4 is 23.3 Å². The summed E-state index contributed by atoms with van der Waals surface area (Å²) >= 11 is 5.96. The lowest BCUT2D eigenvalue weighted by molar-refractivity contribution is 0.0589. The minimum absolute atomic E-state index is 0.576. The van der Waals surface area contributed by atoms with Crippen LogP contribution < -0.4 is 0 Å². The van der Waals surface area contributed by atoms with Gasteiger partial charge in [-0.3, -0.25) is 0 Å². The molecule has 6 heteroatoms. The lowest BCUT2D eigenvalue weighted by Crippen LogP contribution is -2.07. The van der Waals surface area contributed by atoms with Gasteiger partial charge >= 0.3 is 6.16 Å². The maximum atomic E-state index is 10.6. The molecule has 5 nitrogen and oxygen atoms in total. The van der Waals surface area contributed by atoms with Crippen LogP contribution in [0.15, 0.2) is 18.3 Å². The minimum Gasteiger partial charge on any atom is -0.450 e. The molecule has 0 saturated carbocycles. The fraction of sp³-hybridized carbons (Fsp3) is 0.333. The Labute approximate surface area is 109 Å². The molecule has 0 aliphatic carbocycles. The highest BCUT2D eigenvalue weighted by molar-refractivity contribution is 6.30. The standard InChI is InChI=1S/C12H13ClN2O3/c1-3-9-11(7(2)18-12(16)17)10-6-8(13)4-5-15(10)14-9/h4-7H,3H2,1-2H3,(H,16,17). The van der Waals surface area contributed by atoms with Gasteiger partial charge < -0.3 is 9.84 Å². The zero-order chi connectivity index (χ0) is 13.3. The van der Waals surface area contributed by atoms with Crippen LogP contribution in [0.3, 0.4) is 0 Å². The molecule has 1 atom stereocenters. The van der Waals surface area contributed by atoms with E-state index in [4.69, 9.17) is 21.4 Å². The first-order valence-electron chi connectivity index (χ1n) is 5.59. The molecule has 0 aliphatic rings. The van der Waals surface area contributed by atoms with Crippen LogP contribution in [0, 0.1) is 0 Å². The highest BCUT2D eigenvalue weighted by Crippen LogP contribution is 2.28. The first kappa shape index (κ1) is 12.7. The lowest BCUT2D eigenvalue weighted by atomic mass is 10.1. The molecule has 0 radical (unpaired) electrons. The summed E-state index contributed by atoms with van der Waals surface area (Å²) in [6.45, 7) is 3.64. The monoisotopic (exact) mass is 268 g/mol. The Morgan fingerprint density at radius 1 is 1.67 bits per heavy atom. The van der Waals surface area contributed by atoms with E-state index in [2.05, 4.69) is 5.10 Å². The number of halogens is 1. The van der Waals surface area contributed by atoms with E-state index in [9.17, 15) is 4.79 Å². The van der Waals surface area contributed by atoms with E-state index in [0.717, 1.165) is 16.8 Å². The van der Waals surface area contributed by atoms with Gasteiger partial charge in [-0.1, -0.05) is 18.5 Å². The number of rotatable bonds is 3. The largest absolute Gasteiger partial charge is 0.506 e. The maximum absolute atomic E-state index is 10.6. The van der Waals surface area contributed by atoms with Crippen LogP contribution in [0.1, 0.15) is 31.2 Å². The number of ether oxygens (including phenoxy) is 1. The molecule has 0 fully saturated rings. The van der Waals surface area contributed by atoms with Crippen molar-refractivity contribution in [3.8, 4) is 0 Å². The van der Waals surface area contributed by atoms with Crippen molar-refractivity contribution in [2.24, 2.45) is 0 Å². The van der Waals surface area contributed by atoms with Crippen molar-refractivity contribution in [2.45, 2.75) is 26.4 Å². The second kappa shape index (κ2) is 4.86. The second-order valence-corrected chi connectivity index (χ2v) is 4.35. The van der Waals surface area contributed by atoms with Crippen molar-refractivity contribution in [3.63, 3.8) is 0 Å². The number of hydrogen-bond acceptors (Lipinski definition) is 3. The van der Waals surface area contributed by atoms with Crippen molar-refractivity contribution in [1.29, 1.82) is 0 Å². The van der Waals surface area contributed by atoms with Crippen LogP contribution in [-0.2, 0) is 11.2 Å². The van der Waals surface area contributed by atoms with Crippen LogP contribution in [0.2, 0.25) is 5.02 Å². The fourth-order valence-corrected chi connectivity index (χ4v) is 2.16. The molecule has 0 aromatic carbocycles. The number of fused-ring (bicyclic) bond motifs is 1. The van der Waals surface area contributed by atoms with Gasteiger partial charge in [0.15, 0.2) is 0 Å². The number of aryl methyl sites for hydroxylation is 1. The Morgan fingerprint density at radius 2 is 2.39 bits per heavy atom. The molecule has 2 heterocycles. The van der Waals surface area contributed by atoms with E-state index >= 15 is 0 Å². The molecule has 0 saturated heterocycles. The third-order valence-corrected chi connectivity index (χ3v) is 2.97. The number of carbonyl (C=O) groups is 1. The van der Waals surface area contributed by atoms with E-state index in [0.29, 0.717) is 11.4 Å². The number of aromatic nitrogens is 2. The van der Waals surface area contributed by atoms with Crippen LogP contribution >= 0.6 is 11.6 Å². The summed E-state index contributed by atoms with van der Waals surface area (Å²) in [5.74, 6) is 0. The van der Waals surface area contributed by atoms with Gasteiger partial charge in [-0.2, -0.15) is 5.10 Å². The summed E-state index contributed by atoms with van der Waals surface area (Å²) in [5.41, 5.74) is 2.35. The van der Waals surface area contributed by atoms with E-state index in [1.807, 2.05) is 6.92 Å². The first-order chi connectivity index (χ1) is 8.52. The van der Waals surface area contributed by atoms with Gasteiger partial charge in [0, 0.05) is 16.8 Å². The Kier molecular flexibility index (Phi) is 3.43. The van der Waals surface area contributed by atoms with Crippen LogP contribution in [-0.4, -0.2) is 20.9 Å². The molecule has 1 unspecified atom stereocenters. The highest BCUT2D eigenvalue weighted by atomic mass is 35.5. The van der Waals surface area contributed by atoms with Crippen molar-refractivity contribution < 1.29 is 14.6 Å². The number of nitrogens with zero attached hydrogens (tertiary/aromatic N) is 2. The van der Waals surface area contributed by atoms with Gasteiger partial charge in [0.1, 0.15) is 6.10 Å². The Hall–Kier alpha value is -1.75. The number of pyridine rings is 1. The summed E-state index contributed by atoms with van der Waals surface area (Å²) < 4.78 is 6.49. The van der Waals surface area contributed by atoms with Gasteiger partial charge in [0.25, 0.3) is 0 Å². The third-order valence-electron chi connectivity index (χ3n) is 2.73. The lowest BCUT2D eigenvalue weighted by Gasteiger charge is -2.10. The van der Waals surface area contributed by atoms with Crippen molar-refractivity contribution in [3.05, 3.63) is 34.6 Å².